The van der Waals surface area contributed by atoms with Crippen LogP contribution in [0.4, 0.5) is 5.95 Å². The van der Waals surface area contributed by atoms with Crippen molar-refractivity contribution in [2.75, 3.05) is 38.1 Å². The van der Waals surface area contributed by atoms with Crippen molar-refractivity contribution < 1.29 is 5.11 Å². The second kappa shape index (κ2) is 4.48. The van der Waals surface area contributed by atoms with Crippen LogP contribution in [0.3, 0.4) is 0 Å². The van der Waals surface area contributed by atoms with E-state index in [0.717, 1.165) is 19.0 Å². The molecular weight excluding hydrogens is 228 g/mol. The average Bonchev–Trinajstić information content (AvgIpc) is 2.97. The normalized spacial score (nSPS) is 28.4. The minimum Gasteiger partial charge on any atom is -0.390 e. The number of hydrogen-bond donors (Lipinski definition) is 1. The first kappa shape index (κ1) is 11.9. The number of anilines is 1. The van der Waals surface area contributed by atoms with Gasteiger partial charge in [0.15, 0.2) is 0 Å². The van der Waals surface area contributed by atoms with Crippen LogP contribution in [0, 0.1) is 5.41 Å². The van der Waals surface area contributed by atoms with E-state index in [1.165, 1.54) is 25.9 Å². The lowest BCUT2D eigenvalue weighted by atomic mass is 9.86. The summed E-state index contributed by atoms with van der Waals surface area (Å²) < 4.78 is 0. The van der Waals surface area contributed by atoms with E-state index in [0.29, 0.717) is 11.1 Å². The molecule has 2 aliphatic heterocycles. The van der Waals surface area contributed by atoms with Gasteiger partial charge in [-0.05, 0) is 32.5 Å². The van der Waals surface area contributed by atoms with E-state index in [4.69, 9.17) is 5.11 Å². The maximum absolute atomic E-state index is 9.13. The third-order valence-corrected chi connectivity index (χ3v) is 4.21. The number of nitrogens with zero attached hydrogens (tertiary/aromatic N) is 4. The van der Waals surface area contributed by atoms with Crippen molar-refractivity contribution in [1.29, 1.82) is 0 Å². The zero-order valence-corrected chi connectivity index (χ0v) is 10.8. The van der Waals surface area contributed by atoms with Gasteiger partial charge in [0.25, 0.3) is 0 Å². The van der Waals surface area contributed by atoms with Gasteiger partial charge in [-0.2, -0.15) is 0 Å². The number of aliphatic hydroxyl groups is 1. The molecule has 0 aromatic carbocycles. The molecule has 1 atom stereocenters. The first-order chi connectivity index (χ1) is 8.71. The monoisotopic (exact) mass is 248 g/mol. The largest absolute Gasteiger partial charge is 0.390 e. The quantitative estimate of drug-likeness (QED) is 0.826. The third-order valence-electron chi connectivity index (χ3n) is 4.21. The van der Waals surface area contributed by atoms with Gasteiger partial charge in [0.05, 0.1) is 12.3 Å². The highest BCUT2D eigenvalue weighted by Crippen LogP contribution is 2.39. The molecule has 3 heterocycles. The molecule has 2 saturated heterocycles. The Bertz CT molecular complexity index is 439. The van der Waals surface area contributed by atoms with Crippen molar-refractivity contribution in [3.05, 3.63) is 18.0 Å². The molecule has 2 aliphatic rings. The van der Waals surface area contributed by atoms with Crippen LogP contribution in [-0.2, 0) is 6.61 Å². The summed E-state index contributed by atoms with van der Waals surface area (Å²) in [7, 11) is 2.19. The van der Waals surface area contributed by atoms with Gasteiger partial charge in [-0.3, -0.25) is 0 Å². The smallest absolute Gasteiger partial charge is 0.225 e. The molecule has 0 aliphatic carbocycles. The topological polar surface area (TPSA) is 52.5 Å². The Morgan fingerprint density at radius 1 is 1.33 bits per heavy atom. The molecule has 98 valence electrons. The van der Waals surface area contributed by atoms with Gasteiger partial charge in [-0.15, -0.1) is 0 Å². The van der Waals surface area contributed by atoms with E-state index in [1.54, 1.807) is 12.3 Å². The maximum atomic E-state index is 9.13. The van der Waals surface area contributed by atoms with Gasteiger partial charge in [-0.1, -0.05) is 0 Å². The van der Waals surface area contributed by atoms with E-state index >= 15 is 0 Å². The zero-order chi connectivity index (χ0) is 12.6. The van der Waals surface area contributed by atoms with E-state index in [1.807, 2.05) is 0 Å². The van der Waals surface area contributed by atoms with E-state index in [2.05, 4.69) is 26.8 Å². The first-order valence-electron chi connectivity index (χ1n) is 6.57. The fraction of sp³-hybridized carbons (Fsp3) is 0.692. The molecule has 5 heteroatoms. The Kier molecular flexibility index (Phi) is 2.95. The molecular formula is C13H20N4O. The van der Waals surface area contributed by atoms with Crippen LogP contribution >= 0.6 is 0 Å². The number of likely N-dealkylation sites (tertiary alicyclic amines) is 1. The second-order valence-electron chi connectivity index (χ2n) is 5.67. The van der Waals surface area contributed by atoms with Crippen LogP contribution in [-0.4, -0.2) is 53.2 Å². The predicted molar refractivity (Wildman–Crippen MR) is 69.3 cm³/mol. The fourth-order valence-corrected chi connectivity index (χ4v) is 3.22. The van der Waals surface area contributed by atoms with Crippen LogP contribution in [0.1, 0.15) is 18.5 Å². The van der Waals surface area contributed by atoms with Crippen LogP contribution in [0.2, 0.25) is 0 Å². The molecule has 1 aromatic rings. The van der Waals surface area contributed by atoms with Gasteiger partial charge in [0.2, 0.25) is 5.95 Å². The minimum atomic E-state index is -0.0166. The molecule has 0 bridgehead atoms. The lowest BCUT2D eigenvalue weighted by Crippen LogP contribution is -2.30. The van der Waals surface area contributed by atoms with Gasteiger partial charge >= 0.3 is 0 Å². The third kappa shape index (κ3) is 2.08. The second-order valence-corrected chi connectivity index (χ2v) is 5.67. The first-order valence-corrected chi connectivity index (χ1v) is 6.57. The van der Waals surface area contributed by atoms with E-state index in [9.17, 15) is 0 Å². The van der Waals surface area contributed by atoms with Crippen molar-refractivity contribution in [1.82, 2.24) is 14.9 Å². The molecule has 1 N–H and O–H groups in total. The highest BCUT2D eigenvalue weighted by atomic mass is 16.3. The summed E-state index contributed by atoms with van der Waals surface area (Å²) in [4.78, 5) is 13.4. The van der Waals surface area contributed by atoms with E-state index < -0.39 is 0 Å². The summed E-state index contributed by atoms with van der Waals surface area (Å²) in [6.07, 6.45) is 4.24. The SMILES string of the molecule is CN1CCC2(CCN(c3nccc(CO)n3)C2)C1. The molecule has 1 unspecified atom stereocenters. The Labute approximate surface area is 107 Å². The Morgan fingerprint density at radius 3 is 2.89 bits per heavy atom. The number of aromatic nitrogens is 2. The lowest BCUT2D eigenvalue weighted by molar-refractivity contribution is 0.276. The fourth-order valence-electron chi connectivity index (χ4n) is 3.22. The summed E-state index contributed by atoms with van der Waals surface area (Å²) in [5.41, 5.74) is 1.14. The van der Waals surface area contributed by atoms with Gasteiger partial charge in [0.1, 0.15) is 0 Å². The standard InChI is InChI=1S/C13H20N4O/c1-16-6-3-13(9-16)4-7-17(10-13)12-14-5-2-11(8-18)15-12/h2,5,18H,3-4,6-10H2,1H3. The summed E-state index contributed by atoms with van der Waals surface area (Å²) in [5, 5.41) is 9.13. The van der Waals surface area contributed by atoms with Gasteiger partial charge in [-0.25, -0.2) is 9.97 Å². The minimum absolute atomic E-state index is 0.0166. The maximum Gasteiger partial charge on any atom is 0.225 e. The Hall–Kier alpha value is -1.20. The molecule has 2 fully saturated rings. The van der Waals surface area contributed by atoms with Crippen molar-refractivity contribution in [2.24, 2.45) is 5.41 Å². The highest BCUT2D eigenvalue weighted by molar-refractivity contribution is 5.33. The van der Waals surface area contributed by atoms with Crippen molar-refractivity contribution in [3.8, 4) is 0 Å². The van der Waals surface area contributed by atoms with Crippen LogP contribution in [0.25, 0.3) is 0 Å². The highest BCUT2D eigenvalue weighted by Gasteiger charge is 2.43. The van der Waals surface area contributed by atoms with Crippen molar-refractivity contribution in [2.45, 2.75) is 19.4 Å². The Morgan fingerprint density at radius 2 is 2.17 bits per heavy atom. The van der Waals surface area contributed by atoms with Crippen LogP contribution in [0.5, 0.6) is 0 Å². The van der Waals surface area contributed by atoms with Crippen LogP contribution < -0.4 is 4.90 Å². The lowest BCUT2D eigenvalue weighted by Gasteiger charge is -2.23. The summed E-state index contributed by atoms with van der Waals surface area (Å²) in [6, 6.07) is 1.76. The molecule has 0 amide bonds. The van der Waals surface area contributed by atoms with Crippen molar-refractivity contribution >= 4 is 5.95 Å². The average molecular weight is 248 g/mol. The molecule has 0 radical (unpaired) electrons. The number of aliphatic hydroxyl groups excluding tert-OH is 1. The zero-order valence-electron chi connectivity index (χ0n) is 10.8. The summed E-state index contributed by atoms with van der Waals surface area (Å²) in [6.45, 7) is 4.45. The summed E-state index contributed by atoms with van der Waals surface area (Å²) >= 11 is 0. The molecule has 18 heavy (non-hydrogen) atoms. The van der Waals surface area contributed by atoms with Crippen molar-refractivity contribution in [3.63, 3.8) is 0 Å². The molecule has 5 nitrogen and oxygen atoms in total. The molecule has 1 aromatic heterocycles. The number of rotatable bonds is 2. The van der Waals surface area contributed by atoms with Crippen LogP contribution in [0.15, 0.2) is 12.3 Å². The molecule has 0 saturated carbocycles. The molecule has 1 spiro atoms. The predicted octanol–water partition coefficient (Wildman–Crippen LogP) is 0.501. The van der Waals surface area contributed by atoms with E-state index in [-0.39, 0.29) is 6.61 Å². The summed E-state index contributed by atoms with van der Waals surface area (Å²) in [5.74, 6) is 0.771. The molecule has 3 rings (SSSR count). The number of hydrogen-bond acceptors (Lipinski definition) is 5. The van der Waals surface area contributed by atoms with Gasteiger partial charge < -0.3 is 14.9 Å². The van der Waals surface area contributed by atoms with Gasteiger partial charge in [0, 0.05) is 31.2 Å². The Balaban J connectivity index is 1.75.